The zero-order chi connectivity index (χ0) is 24.7. The highest BCUT2D eigenvalue weighted by molar-refractivity contribution is 5.72. The summed E-state index contributed by atoms with van der Waals surface area (Å²) in [5.41, 5.74) is 8.30. The second kappa shape index (κ2) is 10.9. The van der Waals surface area contributed by atoms with E-state index in [1.165, 1.54) is 6.07 Å². The van der Waals surface area contributed by atoms with Gasteiger partial charge in [0.05, 0.1) is 6.42 Å². The predicted molar refractivity (Wildman–Crippen MR) is 119 cm³/mol. The first kappa shape index (κ1) is 24.9. The molecule has 0 spiro atoms. The Labute approximate surface area is 194 Å². The lowest BCUT2D eigenvalue weighted by Crippen LogP contribution is -2.18. The molecule has 180 valence electrons. The summed E-state index contributed by atoms with van der Waals surface area (Å²) >= 11 is 0. The number of rotatable bonds is 10. The Kier molecular flexibility index (Phi) is 7.99. The van der Waals surface area contributed by atoms with Crippen molar-refractivity contribution in [3.8, 4) is 11.5 Å². The largest absolute Gasteiger partial charge is 0.573 e. The molecule has 9 heteroatoms. The molecule has 0 amide bonds. The average molecular weight is 475 g/mol. The summed E-state index contributed by atoms with van der Waals surface area (Å²) in [7, 11) is 0. The fourth-order valence-electron chi connectivity index (χ4n) is 3.81. The Balaban J connectivity index is 1.74. The van der Waals surface area contributed by atoms with Crippen molar-refractivity contribution in [2.24, 2.45) is 5.73 Å². The molecule has 0 saturated heterocycles. The van der Waals surface area contributed by atoms with Gasteiger partial charge in [0.15, 0.2) is 0 Å². The zero-order valence-corrected chi connectivity index (χ0v) is 18.2. The van der Waals surface area contributed by atoms with E-state index in [-0.39, 0.29) is 24.5 Å². The molecule has 6 nitrogen and oxygen atoms in total. The Morgan fingerprint density at radius 1 is 1.18 bits per heavy atom. The number of hydrogen-bond acceptors (Lipinski definition) is 5. The second-order valence-electron chi connectivity index (χ2n) is 7.81. The molecule has 0 fully saturated rings. The fraction of sp³-hybridized carbons (Fsp3) is 0.280. The van der Waals surface area contributed by atoms with Crippen LogP contribution in [0.1, 0.15) is 48.3 Å². The van der Waals surface area contributed by atoms with Gasteiger partial charge in [0.1, 0.15) is 24.4 Å². The number of alkyl halides is 3. The van der Waals surface area contributed by atoms with Gasteiger partial charge in [-0.3, -0.25) is 9.59 Å². The van der Waals surface area contributed by atoms with Gasteiger partial charge in [-0.05, 0) is 60.2 Å². The van der Waals surface area contributed by atoms with Crippen LogP contribution in [0, 0.1) is 0 Å². The standard InChI is InChI=1S/C25H24F3NO5/c26-25(27,28)34-23-13-16(5-10-20(23)17-3-1-2-4-17)15-33-19-8-6-18(7-9-19)21(14-24(31)32)22(29)11-12-30/h3,5-13,21H,1-2,4,14-15,29H2,(H,31,32)/t21-/m0/s1. The molecule has 0 aromatic heterocycles. The molecule has 1 atom stereocenters. The summed E-state index contributed by atoms with van der Waals surface area (Å²) in [6.45, 7) is -0.00136. The molecule has 0 unspecified atom stereocenters. The Bertz CT molecular complexity index is 1090. The predicted octanol–water partition coefficient (Wildman–Crippen LogP) is 5.33. The minimum atomic E-state index is -4.81. The van der Waals surface area contributed by atoms with E-state index >= 15 is 0 Å². The number of hydrogen-bond donors (Lipinski definition) is 2. The van der Waals surface area contributed by atoms with E-state index in [0.29, 0.717) is 35.1 Å². The van der Waals surface area contributed by atoms with Crippen molar-refractivity contribution in [1.29, 1.82) is 0 Å². The van der Waals surface area contributed by atoms with Crippen LogP contribution in [-0.4, -0.2) is 23.7 Å². The Morgan fingerprint density at radius 3 is 2.50 bits per heavy atom. The Hall–Kier alpha value is -3.75. The molecule has 3 rings (SSSR count). The number of aldehydes is 1. The van der Waals surface area contributed by atoms with Gasteiger partial charge in [-0.1, -0.05) is 30.3 Å². The molecule has 1 aliphatic rings. The molecule has 0 heterocycles. The second-order valence-corrected chi connectivity index (χ2v) is 7.81. The van der Waals surface area contributed by atoms with E-state index in [9.17, 15) is 22.8 Å². The quantitative estimate of drug-likeness (QED) is 0.356. The van der Waals surface area contributed by atoms with Gasteiger partial charge in [0.2, 0.25) is 0 Å². The number of nitrogens with two attached hydrogens (primary N) is 1. The number of carboxylic acids is 1. The minimum Gasteiger partial charge on any atom is -0.489 e. The number of benzene rings is 2. The lowest BCUT2D eigenvalue weighted by Gasteiger charge is -2.17. The van der Waals surface area contributed by atoms with Crippen molar-refractivity contribution in [3.63, 3.8) is 0 Å². The van der Waals surface area contributed by atoms with E-state index < -0.39 is 18.2 Å². The van der Waals surface area contributed by atoms with Crippen LogP contribution in [-0.2, 0) is 16.2 Å². The summed E-state index contributed by atoms with van der Waals surface area (Å²) in [4.78, 5) is 21.9. The molecule has 0 bridgehead atoms. The molecule has 0 aliphatic heterocycles. The Morgan fingerprint density at radius 2 is 1.91 bits per heavy atom. The number of carboxylic acid groups (broad SMARTS) is 1. The van der Waals surface area contributed by atoms with Crippen LogP contribution in [0.4, 0.5) is 13.2 Å². The van der Waals surface area contributed by atoms with Gasteiger partial charge in [0.25, 0.3) is 0 Å². The van der Waals surface area contributed by atoms with Gasteiger partial charge in [-0.15, -0.1) is 13.2 Å². The maximum Gasteiger partial charge on any atom is 0.573 e. The first-order valence-corrected chi connectivity index (χ1v) is 10.6. The van der Waals surface area contributed by atoms with Crippen molar-refractivity contribution >= 4 is 17.8 Å². The van der Waals surface area contributed by atoms with Crippen molar-refractivity contribution in [2.45, 2.75) is 44.6 Å². The van der Waals surface area contributed by atoms with E-state index in [4.69, 9.17) is 15.6 Å². The van der Waals surface area contributed by atoms with Crippen LogP contribution in [0.25, 0.3) is 5.57 Å². The van der Waals surface area contributed by atoms with E-state index in [1.54, 1.807) is 36.4 Å². The number of carbonyl (C=O) groups excluding carboxylic acids is 1. The highest BCUT2D eigenvalue weighted by Gasteiger charge is 2.32. The summed E-state index contributed by atoms with van der Waals surface area (Å²) in [6, 6.07) is 11.1. The van der Waals surface area contributed by atoms with Crippen molar-refractivity contribution in [2.75, 3.05) is 0 Å². The van der Waals surface area contributed by atoms with Crippen molar-refractivity contribution < 1.29 is 37.3 Å². The van der Waals surface area contributed by atoms with Crippen LogP contribution >= 0.6 is 0 Å². The number of allylic oxidation sites excluding steroid dienone is 4. The van der Waals surface area contributed by atoms with Gasteiger partial charge in [-0.25, -0.2) is 0 Å². The summed E-state index contributed by atoms with van der Waals surface area (Å²) < 4.78 is 48.8. The van der Waals surface area contributed by atoms with Crippen LogP contribution < -0.4 is 15.2 Å². The summed E-state index contributed by atoms with van der Waals surface area (Å²) in [5.74, 6) is -1.58. The van der Waals surface area contributed by atoms with Gasteiger partial charge in [-0.2, -0.15) is 0 Å². The van der Waals surface area contributed by atoms with E-state index in [1.807, 2.05) is 6.08 Å². The monoisotopic (exact) mass is 475 g/mol. The number of halogens is 3. The third-order valence-corrected chi connectivity index (χ3v) is 5.39. The normalized spacial score (nSPS) is 14.9. The van der Waals surface area contributed by atoms with Crippen molar-refractivity contribution in [3.05, 3.63) is 77.0 Å². The number of aliphatic carboxylic acids is 1. The summed E-state index contributed by atoms with van der Waals surface area (Å²) in [6.07, 6.45) is 0.849. The van der Waals surface area contributed by atoms with Gasteiger partial charge in [0, 0.05) is 17.2 Å². The average Bonchev–Trinajstić information content (AvgIpc) is 3.30. The van der Waals surface area contributed by atoms with Gasteiger partial charge >= 0.3 is 12.3 Å². The molecular formula is C25H24F3NO5. The smallest absolute Gasteiger partial charge is 0.489 e. The van der Waals surface area contributed by atoms with Crippen LogP contribution in [0.15, 0.2) is 60.3 Å². The highest BCUT2D eigenvalue weighted by atomic mass is 19.4. The van der Waals surface area contributed by atoms with Gasteiger partial charge < -0.3 is 20.3 Å². The molecule has 1 aliphatic carbocycles. The maximum absolute atomic E-state index is 12.9. The van der Waals surface area contributed by atoms with Crippen LogP contribution in [0.5, 0.6) is 11.5 Å². The van der Waals surface area contributed by atoms with E-state index in [2.05, 4.69) is 4.74 Å². The molecule has 0 radical (unpaired) electrons. The highest BCUT2D eigenvalue weighted by Crippen LogP contribution is 2.37. The molecule has 2 aromatic carbocycles. The molecule has 2 aromatic rings. The number of carbonyl (C=O) groups is 2. The third kappa shape index (κ3) is 6.87. The molecule has 34 heavy (non-hydrogen) atoms. The first-order valence-electron chi connectivity index (χ1n) is 10.6. The fourth-order valence-corrected chi connectivity index (χ4v) is 3.81. The molecule has 0 saturated carbocycles. The van der Waals surface area contributed by atoms with Crippen LogP contribution in [0.3, 0.4) is 0 Å². The number of ether oxygens (including phenoxy) is 2. The molecule has 3 N–H and O–H groups in total. The van der Waals surface area contributed by atoms with Crippen LogP contribution in [0.2, 0.25) is 0 Å². The maximum atomic E-state index is 12.9. The first-order chi connectivity index (χ1) is 16.2. The lowest BCUT2D eigenvalue weighted by atomic mass is 9.92. The minimum absolute atomic E-state index is 0.00136. The zero-order valence-electron chi connectivity index (χ0n) is 18.2. The lowest BCUT2D eigenvalue weighted by molar-refractivity contribution is -0.274. The molecular weight excluding hydrogens is 451 g/mol. The third-order valence-electron chi connectivity index (χ3n) is 5.39. The SMILES string of the molecule is NC(=CC=O)[C@@H](CC(=O)O)c1ccc(OCc2ccc(C3=CCCC3)c(OC(F)(F)F)c2)cc1. The summed E-state index contributed by atoms with van der Waals surface area (Å²) in [5, 5.41) is 9.13. The topological polar surface area (TPSA) is 98.9 Å². The van der Waals surface area contributed by atoms with Crippen molar-refractivity contribution in [1.82, 2.24) is 0 Å². The van der Waals surface area contributed by atoms with E-state index in [0.717, 1.165) is 24.5 Å².